The highest BCUT2D eigenvalue weighted by Crippen LogP contribution is 2.05. The first-order chi connectivity index (χ1) is 15.7. The molecule has 0 bridgehead atoms. The van der Waals surface area contributed by atoms with Crippen molar-refractivity contribution in [3.05, 3.63) is 71.8 Å². The fourth-order valence-corrected chi connectivity index (χ4v) is 3.32. The smallest absolute Gasteiger partial charge is 0.410 e. The maximum atomic E-state index is 12.5. The Hall–Kier alpha value is -2.81. The van der Waals surface area contributed by atoms with E-state index < -0.39 is 0 Å². The molecule has 0 radical (unpaired) electrons. The summed E-state index contributed by atoms with van der Waals surface area (Å²) in [6, 6.07) is 19.3. The number of halogens is 1. The standard InChI is InChI=1S/C24H32N4O4.ClH/c29-23(31-19-21-7-3-1-4-8-21)27-15-11-25-13-17-28(18-14-26-12-16-27)24(30)32-20-22-9-5-2-6-10-22;/h1-10,25-26H,11-20H2;1H. The van der Waals surface area contributed by atoms with Gasteiger partial charge in [0.2, 0.25) is 0 Å². The number of carbonyl (C=O) groups is 2. The number of hydrogen-bond acceptors (Lipinski definition) is 6. The Bertz CT molecular complexity index is 744. The van der Waals surface area contributed by atoms with Gasteiger partial charge in [0.05, 0.1) is 0 Å². The van der Waals surface area contributed by atoms with Gasteiger partial charge < -0.3 is 29.9 Å². The highest BCUT2D eigenvalue weighted by Gasteiger charge is 2.18. The van der Waals surface area contributed by atoms with Crippen molar-refractivity contribution in [2.75, 3.05) is 52.4 Å². The molecule has 1 aliphatic heterocycles. The van der Waals surface area contributed by atoms with E-state index in [4.69, 9.17) is 9.47 Å². The number of hydrogen-bond donors (Lipinski definition) is 2. The first kappa shape index (κ1) is 26.4. The van der Waals surface area contributed by atoms with Crippen molar-refractivity contribution in [2.45, 2.75) is 13.2 Å². The van der Waals surface area contributed by atoms with Gasteiger partial charge in [-0.25, -0.2) is 9.59 Å². The molecule has 2 N–H and O–H groups in total. The first-order valence-electron chi connectivity index (χ1n) is 11.0. The van der Waals surface area contributed by atoms with E-state index in [1.807, 2.05) is 60.7 Å². The number of nitrogens with zero attached hydrogens (tertiary/aromatic N) is 2. The van der Waals surface area contributed by atoms with Crippen LogP contribution in [0.5, 0.6) is 0 Å². The van der Waals surface area contributed by atoms with Crippen molar-refractivity contribution in [1.29, 1.82) is 0 Å². The number of nitrogens with one attached hydrogen (secondary N) is 2. The number of rotatable bonds is 4. The van der Waals surface area contributed by atoms with Crippen LogP contribution in [0.25, 0.3) is 0 Å². The molecule has 1 aliphatic rings. The molecule has 1 fully saturated rings. The van der Waals surface area contributed by atoms with Crippen LogP contribution in [0.2, 0.25) is 0 Å². The Kier molecular flexibility index (Phi) is 12.1. The molecule has 0 atom stereocenters. The lowest BCUT2D eigenvalue weighted by Crippen LogP contribution is -2.46. The summed E-state index contributed by atoms with van der Waals surface area (Å²) < 4.78 is 10.9. The zero-order valence-corrected chi connectivity index (χ0v) is 19.6. The number of benzene rings is 2. The highest BCUT2D eigenvalue weighted by atomic mass is 35.5. The van der Waals surface area contributed by atoms with E-state index >= 15 is 0 Å². The second-order valence-corrected chi connectivity index (χ2v) is 7.55. The van der Waals surface area contributed by atoms with Crippen molar-refractivity contribution in [3.8, 4) is 0 Å². The van der Waals surface area contributed by atoms with Gasteiger partial charge in [-0.05, 0) is 11.1 Å². The summed E-state index contributed by atoms with van der Waals surface area (Å²) in [5.74, 6) is 0. The number of amides is 2. The summed E-state index contributed by atoms with van der Waals surface area (Å²) in [4.78, 5) is 28.4. The Morgan fingerprint density at radius 2 is 0.970 bits per heavy atom. The lowest BCUT2D eigenvalue weighted by atomic mass is 10.2. The van der Waals surface area contributed by atoms with Crippen molar-refractivity contribution in [1.82, 2.24) is 20.4 Å². The Morgan fingerprint density at radius 1 is 0.636 bits per heavy atom. The van der Waals surface area contributed by atoms with E-state index in [0.717, 1.165) is 11.1 Å². The summed E-state index contributed by atoms with van der Waals surface area (Å²) in [6.07, 6.45) is -0.638. The van der Waals surface area contributed by atoms with Gasteiger partial charge in [-0.2, -0.15) is 0 Å². The molecule has 1 saturated heterocycles. The van der Waals surface area contributed by atoms with E-state index in [1.54, 1.807) is 9.80 Å². The van der Waals surface area contributed by atoms with Crippen LogP contribution >= 0.6 is 12.4 Å². The summed E-state index contributed by atoms with van der Waals surface area (Å²) in [6.45, 7) is 5.14. The van der Waals surface area contributed by atoms with Crippen LogP contribution in [0.1, 0.15) is 11.1 Å². The van der Waals surface area contributed by atoms with Crippen LogP contribution in [0.3, 0.4) is 0 Å². The molecule has 8 nitrogen and oxygen atoms in total. The van der Waals surface area contributed by atoms with Gasteiger partial charge in [0.15, 0.2) is 0 Å². The van der Waals surface area contributed by atoms with Gasteiger partial charge in [-0.3, -0.25) is 0 Å². The molecule has 0 unspecified atom stereocenters. The topological polar surface area (TPSA) is 83.1 Å². The number of carbonyl (C=O) groups excluding carboxylic acids is 2. The normalized spacial score (nSPS) is 15.4. The third kappa shape index (κ3) is 9.69. The average Bonchev–Trinajstić information content (AvgIpc) is 2.82. The van der Waals surface area contributed by atoms with Gasteiger partial charge >= 0.3 is 12.2 Å². The predicted molar refractivity (Wildman–Crippen MR) is 129 cm³/mol. The van der Waals surface area contributed by atoms with E-state index in [9.17, 15) is 9.59 Å². The molecule has 0 saturated carbocycles. The molecule has 0 aliphatic carbocycles. The van der Waals surface area contributed by atoms with E-state index in [-0.39, 0.29) is 37.8 Å². The Labute approximate surface area is 201 Å². The summed E-state index contributed by atoms with van der Waals surface area (Å²) >= 11 is 0. The van der Waals surface area contributed by atoms with E-state index in [2.05, 4.69) is 10.6 Å². The molecule has 9 heteroatoms. The molecule has 2 amide bonds. The molecular weight excluding hydrogens is 444 g/mol. The SMILES string of the molecule is Cl.O=C(OCc1ccccc1)N1CCNCCN(C(=O)OCc2ccccc2)CCNCC1. The zero-order valence-electron chi connectivity index (χ0n) is 18.8. The van der Waals surface area contributed by atoms with Crippen molar-refractivity contribution in [2.24, 2.45) is 0 Å². The molecule has 33 heavy (non-hydrogen) atoms. The Balaban J connectivity index is 0.00000385. The lowest BCUT2D eigenvalue weighted by Gasteiger charge is -2.26. The van der Waals surface area contributed by atoms with Crippen LogP contribution in [-0.4, -0.2) is 74.3 Å². The maximum Gasteiger partial charge on any atom is 0.410 e. The molecular formula is C24H33ClN4O4. The van der Waals surface area contributed by atoms with Crippen LogP contribution < -0.4 is 10.6 Å². The fraction of sp³-hybridized carbons (Fsp3) is 0.417. The van der Waals surface area contributed by atoms with Crippen LogP contribution in [-0.2, 0) is 22.7 Å². The van der Waals surface area contributed by atoms with Crippen molar-refractivity contribution < 1.29 is 19.1 Å². The van der Waals surface area contributed by atoms with Crippen LogP contribution in [0.15, 0.2) is 60.7 Å². The summed E-state index contributed by atoms with van der Waals surface area (Å²) in [5.41, 5.74) is 1.93. The monoisotopic (exact) mass is 476 g/mol. The molecule has 1 heterocycles. The average molecular weight is 477 g/mol. The summed E-state index contributed by atoms with van der Waals surface area (Å²) in [7, 11) is 0. The molecule has 3 rings (SSSR count). The zero-order chi connectivity index (χ0) is 22.4. The minimum Gasteiger partial charge on any atom is -0.445 e. The van der Waals surface area contributed by atoms with Gasteiger partial charge in [-0.1, -0.05) is 60.7 Å². The third-order valence-electron chi connectivity index (χ3n) is 5.16. The Morgan fingerprint density at radius 3 is 1.30 bits per heavy atom. The predicted octanol–water partition coefficient (Wildman–Crippen LogP) is 2.88. The van der Waals surface area contributed by atoms with E-state index in [0.29, 0.717) is 52.4 Å². The summed E-state index contributed by atoms with van der Waals surface area (Å²) in [5, 5.41) is 6.60. The minimum absolute atomic E-state index is 0. The second-order valence-electron chi connectivity index (χ2n) is 7.55. The van der Waals surface area contributed by atoms with E-state index in [1.165, 1.54) is 0 Å². The largest absolute Gasteiger partial charge is 0.445 e. The van der Waals surface area contributed by atoms with Gasteiger partial charge in [0.1, 0.15) is 13.2 Å². The highest BCUT2D eigenvalue weighted by molar-refractivity contribution is 5.85. The maximum absolute atomic E-state index is 12.5. The van der Waals surface area contributed by atoms with Gasteiger partial charge in [-0.15, -0.1) is 12.4 Å². The van der Waals surface area contributed by atoms with Gasteiger partial charge in [0, 0.05) is 52.4 Å². The van der Waals surface area contributed by atoms with Crippen LogP contribution in [0, 0.1) is 0 Å². The molecule has 0 spiro atoms. The fourth-order valence-electron chi connectivity index (χ4n) is 3.32. The second kappa shape index (κ2) is 15.1. The van der Waals surface area contributed by atoms with Crippen molar-refractivity contribution >= 4 is 24.6 Å². The minimum atomic E-state index is -0.319. The third-order valence-corrected chi connectivity index (χ3v) is 5.16. The molecule has 2 aromatic carbocycles. The van der Waals surface area contributed by atoms with Crippen LogP contribution in [0.4, 0.5) is 9.59 Å². The molecule has 0 aromatic heterocycles. The first-order valence-corrected chi connectivity index (χ1v) is 11.0. The number of ether oxygens (including phenoxy) is 2. The quantitative estimate of drug-likeness (QED) is 0.706. The lowest BCUT2D eigenvalue weighted by molar-refractivity contribution is 0.0925. The molecule has 2 aromatic rings. The van der Waals surface area contributed by atoms with Gasteiger partial charge in [0.25, 0.3) is 0 Å². The van der Waals surface area contributed by atoms with Crippen molar-refractivity contribution in [3.63, 3.8) is 0 Å². The molecule has 180 valence electrons.